The lowest BCUT2D eigenvalue weighted by molar-refractivity contribution is -0.128. The first-order chi connectivity index (χ1) is 11.0. The molecule has 7 nitrogen and oxygen atoms in total. The maximum absolute atomic E-state index is 12.5. The standard InChI is InChI=1S/C16H21N3O4/c1-11-8-14-15(23-10-22-14)9-13(11)17-16(21)19-5-3-4-18(6-7-19)12(2)20/h8-9H,3-7,10H2,1-2H3,(H,17,21). The van der Waals surface area contributed by atoms with Crippen molar-refractivity contribution in [2.24, 2.45) is 0 Å². The van der Waals surface area contributed by atoms with Gasteiger partial charge < -0.3 is 24.6 Å². The minimum Gasteiger partial charge on any atom is -0.454 e. The first kappa shape index (κ1) is 15.5. The quantitative estimate of drug-likeness (QED) is 0.857. The molecule has 0 saturated carbocycles. The summed E-state index contributed by atoms with van der Waals surface area (Å²) in [5.74, 6) is 1.40. The van der Waals surface area contributed by atoms with E-state index >= 15 is 0 Å². The molecule has 1 aromatic carbocycles. The van der Waals surface area contributed by atoms with E-state index in [1.54, 1.807) is 22.8 Å². The Bertz CT molecular complexity index is 632. The minimum absolute atomic E-state index is 0.0545. The summed E-state index contributed by atoms with van der Waals surface area (Å²) >= 11 is 0. The van der Waals surface area contributed by atoms with Crippen molar-refractivity contribution in [1.29, 1.82) is 0 Å². The molecule has 23 heavy (non-hydrogen) atoms. The van der Waals surface area contributed by atoms with Crippen molar-refractivity contribution >= 4 is 17.6 Å². The molecule has 0 unspecified atom stereocenters. The number of carbonyl (C=O) groups is 2. The van der Waals surface area contributed by atoms with Crippen molar-refractivity contribution in [3.05, 3.63) is 17.7 Å². The van der Waals surface area contributed by atoms with Gasteiger partial charge >= 0.3 is 6.03 Å². The second-order valence-electron chi connectivity index (χ2n) is 5.80. The number of benzene rings is 1. The fourth-order valence-electron chi connectivity index (χ4n) is 2.81. The molecule has 0 bridgehead atoms. The highest BCUT2D eigenvalue weighted by molar-refractivity contribution is 5.90. The highest BCUT2D eigenvalue weighted by atomic mass is 16.7. The summed E-state index contributed by atoms with van der Waals surface area (Å²) in [6.07, 6.45) is 0.785. The third kappa shape index (κ3) is 3.33. The molecule has 2 aliphatic rings. The number of nitrogens with zero attached hydrogens (tertiary/aromatic N) is 2. The first-order valence-corrected chi connectivity index (χ1v) is 7.76. The molecule has 1 saturated heterocycles. The maximum Gasteiger partial charge on any atom is 0.321 e. The summed E-state index contributed by atoms with van der Waals surface area (Å²) in [6.45, 7) is 6.13. The fraction of sp³-hybridized carbons (Fsp3) is 0.500. The summed E-state index contributed by atoms with van der Waals surface area (Å²) in [4.78, 5) is 27.5. The summed E-state index contributed by atoms with van der Waals surface area (Å²) in [5, 5.41) is 2.93. The fourth-order valence-corrected chi connectivity index (χ4v) is 2.81. The molecule has 0 spiro atoms. The molecular weight excluding hydrogens is 298 g/mol. The molecule has 3 amide bonds. The number of hydrogen-bond donors (Lipinski definition) is 1. The predicted octanol–water partition coefficient (Wildman–Crippen LogP) is 1.81. The van der Waals surface area contributed by atoms with E-state index in [9.17, 15) is 9.59 Å². The van der Waals surface area contributed by atoms with Gasteiger partial charge in [0, 0.05) is 44.9 Å². The molecule has 0 aliphatic carbocycles. The third-order valence-corrected chi connectivity index (χ3v) is 4.19. The number of aryl methyl sites for hydroxylation is 1. The van der Waals surface area contributed by atoms with E-state index in [0.29, 0.717) is 43.4 Å². The largest absolute Gasteiger partial charge is 0.454 e. The average Bonchev–Trinajstić information content (AvgIpc) is 2.81. The van der Waals surface area contributed by atoms with Crippen LogP contribution >= 0.6 is 0 Å². The number of amides is 3. The minimum atomic E-state index is -0.155. The van der Waals surface area contributed by atoms with Crippen LogP contribution in [0, 0.1) is 6.92 Å². The number of urea groups is 1. The van der Waals surface area contributed by atoms with Crippen LogP contribution in [-0.2, 0) is 4.79 Å². The van der Waals surface area contributed by atoms with E-state index in [1.165, 1.54) is 0 Å². The summed E-state index contributed by atoms with van der Waals surface area (Å²) in [6, 6.07) is 3.49. The van der Waals surface area contributed by atoms with Gasteiger partial charge in [-0.05, 0) is 25.0 Å². The molecule has 1 N–H and O–H groups in total. The van der Waals surface area contributed by atoms with Gasteiger partial charge in [-0.1, -0.05) is 0 Å². The van der Waals surface area contributed by atoms with Crippen LogP contribution in [0.25, 0.3) is 0 Å². The number of ether oxygens (including phenoxy) is 2. The Labute approximate surface area is 135 Å². The summed E-state index contributed by atoms with van der Waals surface area (Å²) in [5.41, 5.74) is 1.63. The van der Waals surface area contributed by atoms with Gasteiger partial charge in [0.1, 0.15) is 0 Å². The van der Waals surface area contributed by atoms with E-state index in [2.05, 4.69) is 5.32 Å². The smallest absolute Gasteiger partial charge is 0.321 e. The van der Waals surface area contributed by atoms with Crippen LogP contribution in [0.2, 0.25) is 0 Å². The number of anilines is 1. The predicted molar refractivity (Wildman–Crippen MR) is 84.8 cm³/mol. The van der Waals surface area contributed by atoms with Crippen molar-refractivity contribution in [2.45, 2.75) is 20.3 Å². The molecule has 7 heteroatoms. The van der Waals surface area contributed by atoms with Crippen molar-refractivity contribution < 1.29 is 19.1 Å². The zero-order valence-corrected chi connectivity index (χ0v) is 13.4. The Kier molecular flexibility index (Phi) is 4.27. The topological polar surface area (TPSA) is 71.1 Å². The van der Waals surface area contributed by atoms with Crippen LogP contribution in [0.3, 0.4) is 0 Å². The van der Waals surface area contributed by atoms with Gasteiger partial charge in [-0.25, -0.2) is 4.79 Å². The Balaban J connectivity index is 1.66. The normalized spacial score (nSPS) is 17.0. The molecular formula is C16H21N3O4. The van der Waals surface area contributed by atoms with Gasteiger partial charge in [0.15, 0.2) is 11.5 Å². The monoisotopic (exact) mass is 319 g/mol. The molecule has 124 valence electrons. The van der Waals surface area contributed by atoms with Gasteiger partial charge in [-0.3, -0.25) is 4.79 Å². The van der Waals surface area contributed by atoms with Gasteiger partial charge in [0.05, 0.1) is 0 Å². The van der Waals surface area contributed by atoms with Crippen molar-refractivity contribution in [2.75, 3.05) is 38.3 Å². The number of fused-ring (bicyclic) bond motifs is 1. The Morgan fingerprint density at radius 2 is 1.70 bits per heavy atom. The number of carbonyl (C=O) groups excluding carboxylic acids is 2. The average molecular weight is 319 g/mol. The van der Waals surface area contributed by atoms with Crippen LogP contribution in [0.15, 0.2) is 12.1 Å². The molecule has 2 aliphatic heterocycles. The number of hydrogen-bond acceptors (Lipinski definition) is 4. The first-order valence-electron chi connectivity index (χ1n) is 7.76. The summed E-state index contributed by atoms with van der Waals surface area (Å²) in [7, 11) is 0. The zero-order valence-electron chi connectivity index (χ0n) is 13.4. The van der Waals surface area contributed by atoms with Crippen LogP contribution in [0.1, 0.15) is 18.9 Å². The van der Waals surface area contributed by atoms with E-state index in [-0.39, 0.29) is 18.7 Å². The SMILES string of the molecule is CC(=O)N1CCCN(C(=O)Nc2cc3c(cc2C)OCO3)CC1. The second kappa shape index (κ2) is 6.36. The number of nitrogens with one attached hydrogen (secondary N) is 1. The zero-order chi connectivity index (χ0) is 16.4. The van der Waals surface area contributed by atoms with E-state index in [4.69, 9.17) is 9.47 Å². The highest BCUT2D eigenvalue weighted by Crippen LogP contribution is 2.36. The van der Waals surface area contributed by atoms with Gasteiger partial charge in [-0.15, -0.1) is 0 Å². The van der Waals surface area contributed by atoms with Crippen LogP contribution in [0.5, 0.6) is 11.5 Å². The molecule has 1 aromatic rings. The van der Waals surface area contributed by atoms with Crippen LogP contribution < -0.4 is 14.8 Å². The van der Waals surface area contributed by atoms with Crippen LogP contribution in [0.4, 0.5) is 10.5 Å². The van der Waals surface area contributed by atoms with Gasteiger partial charge in [0.25, 0.3) is 0 Å². The Hall–Kier alpha value is -2.44. The van der Waals surface area contributed by atoms with Crippen molar-refractivity contribution in [3.63, 3.8) is 0 Å². The lowest BCUT2D eigenvalue weighted by Gasteiger charge is -2.22. The van der Waals surface area contributed by atoms with E-state index < -0.39 is 0 Å². The van der Waals surface area contributed by atoms with Crippen molar-refractivity contribution in [1.82, 2.24) is 9.80 Å². The van der Waals surface area contributed by atoms with Crippen molar-refractivity contribution in [3.8, 4) is 11.5 Å². The maximum atomic E-state index is 12.5. The number of rotatable bonds is 1. The lowest BCUT2D eigenvalue weighted by atomic mass is 10.2. The van der Waals surface area contributed by atoms with E-state index in [1.807, 2.05) is 13.0 Å². The van der Waals surface area contributed by atoms with E-state index in [0.717, 1.165) is 12.0 Å². The van der Waals surface area contributed by atoms with Gasteiger partial charge in [-0.2, -0.15) is 0 Å². The summed E-state index contributed by atoms with van der Waals surface area (Å²) < 4.78 is 10.7. The lowest BCUT2D eigenvalue weighted by Crippen LogP contribution is -2.38. The third-order valence-electron chi connectivity index (χ3n) is 4.19. The van der Waals surface area contributed by atoms with Crippen LogP contribution in [-0.4, -0.2) is 54.7 Å². The molecule has 2 heterocycles. The second-order valence-corrected chi connectivity index (χ2v) is 5.80. The molecule has 0 radical (unpaired) electrons. The molecule has 3 rings (SSSR count). The Morgan fingerprint density at radius 3 is 2.43 bits per heavy atom. The Morgan fingerprint density at radius 1 is 1.04 bits per heavy atom. The van der Waals surface area contributed by atoms with Gasteiger partial charge in [0.2, 0.25) is 12.7 Å². The highest BCUT2D eigenvalue weighted by Gasteiger charge is 2.22. The molecule has 1 fully saturated rings. The molecule has 0 atom stereocenters. The molecule has 0 aromatic heterocycles.